The van der Waals surface area contributed by atoms with Crippen LogP contribution in [0.3, 0.4) is 0 Å². The van der Waals surface area contributed by atoms with Crippen molar-refractivity contribution in [2.45, 2.75) is 26.3 Å². The number of allylic oxidation sites excluding steroid dienone is 1. The number of para-hydroxylation sites is 2. The fourth-order valence-electron chi connectivity index (χ4n) is 2.98. The monoisotopic (exact) mass is 411 g/mol. The normalized spacial score (nSPS) is 11.3. The zero-order valence-electron chi connectivity index (χ0n) is 14.8. The highest BCUT2D eigenvalue weighted by molar-refractivity contribution is 9.10. The highest BCUT2D eigenvalue weighted by Gasteiger charge is 2.11. The van der Waals surface area contributed by atoms with Crippen molar-refractivity contribution in [2.24, 2.45) is 0 Å². The topological polar surface area (TPSA) is 46.9 Å². The van der Waals surface area contributed by atoms with E-state index in [1.54, 1.807) is 12.2 Å². The van der Waals surface area contributed by atoms with Crippen molar-refractivity contribution in [3.8, 4) is 0 Å². The van der Waals surface area contributed by atoms with Crippen molar-refractivity contribution < 1.29 is 4.79 Å². The lowest BCUT2D eigenvalue weighted by Gasteiger charge is -2.10. The van der Waals surface area contributed by atoms with Crippen molar-refractivity contribution in [3.05, 3.63) is 76.5 Å². The molecular formula is C21H22BrN3O. The first-order valence-corrected chi connectivity index (χ1v) is 9.56. The summed E-state index contributed by atoms with van der Waals surface area (Å²) in [5.74, 6) is 1.00. The molecule has 0 radical (unpaired) electrons. The Kier molecular flexibility index (Phi) is 6.23. The number of nitrogens with zero attached hydrogens (tertiary/aromatic N) is 2. The van der Waals surface area contributed by atoms with Crippen LogP contribution >= 0.6 is 15.9 Å². The van der Waals surface area contributed by atoms with Crippen molar-refractivity contribution >= 4 is 32.9 Å². The van der Waals surface area contributed by atoms with E-state index in [1.807, 2.05) is 31.2 Å². The number of amides is 1. The summed E-state index contributed by atoms with van der Waals surface area (Å²) in [6.07, 6.45) is 4.96. The van der Waals surface area contributed by atoms with Gasteiger partial charge in [0.1, 0.15) is 5.82 Å². The third-order valence-corrected chi connectivity index (χ3v) is 4.65. The van der Waals surface area contributed by atoms with Gasteiger partial charge in [-0.1, -0.05) is 46.3 Å². The summed E-state index contributed by atoms with van der Waals surface area (Å²) in [7, 11) is 0. The molecule has 0 saturated heterocycles. The van der Waals surface area contributed by atoms with Gasteiger partial charge >= 0.3 is 0 Å². The number of nitrogens with one attached hydrogen (secondary N) is 1. The minimum atomic E-state index is -0.0462. The fraction of sp³-hybridized carbons (Fsp3) is 0.238. The minimum absolute atomic E-state index is 0.0462. The summed E-state index contributed by atoms with van der Waals surface area (Å²) >= 11 is 3.54. The molecule has 0 atom stereocenters. The Balaban J connectivity index is 1.77. The van der Waals surface area contributed by atoms with E-state index in [1.165, 1.54) is 5.56 Å². The summed E-state index contributed by atoms with van der Waals surface area (Å²) in [5, 5.41) is 2.90. The Hall–Kier alpha value is -2.40. The molecule has 0 saturated carbocycles. The van der Waals surface area contributed by atoms with Gasteiger partial charge in [-0.2, -0.15) is 0 Å². The van der Waals surface area contributed by atoms with Crippen molar-refractivity contribution in [1.29, 1.82) is 0 Å². The maximum atomic E-state index is 11.5. The molecule has 1 aromatic heterocycles. The molecule has 26 heavy (non-hydrogen) atoms. The standard InChI is InChI=1S/C21H22BrN3O/c1-2-7-21(26)23-13-6-12-20-24-18-10-3-4-11-19(18)25(20)15-16-8-5-9-17(22)14-16/h2-5,7-11,14H,6,12-13,15H2,1H3,(H,23,26)/b7-2-. The van der Waals surface area contributed by atoms with Crippen LogP contribution in [0.5, 0.6) is 0 Å². The molecule has 2 aromatic carbocycles. The Bertz CT molecular complexity index is 930. The first kappa shape index (κ1) is 18.4. The first-order valence-electron chi connectivity index (χ1n) is 8.76. The number of carbonyl (C=O) groups is 1. The van der Waals surface area contributed by atoms with Crippen LogP contribution in [0.1, 0.15) is 24.7 Å². The van der Waals surface area contributed by atoms with Crippen LogP contribution in [0.2, 0.25) is 0 Å². The number of carbonyl (C=O) groups excluding carboxylic acids is 1. The second-order valence-corrected chi connectivity index (χ2v) is 7.04. The average Bonchev–Trinajstić information content (AvgIpc) is 2.97. The smallest absolute Gasteiger partial charge is 0.243 e. The zero-order valence-corrected chi connectivity index (χ0v) is 16.4. The summed E-state index contributed by atoms with van der Waals surface area (Å²) in [5.41, 5.74) is 3.38. The second-order valence-electron chi connectivity index (χ2n) is 6.13. The molecular weight excluding hydrogens is 390 g/mol. The van der Waals surface area contributed by atoms with Gasteiger partial charge in [0.25, 0.3) is 0 Å². The molecule has 0 spiro atoms. The van der Waals surface area contributed by atoms with E-state index in [0.29, 0.717) is 6.54 Å². The van der Waals surface area contributed by atoms with Crippen LogP contribution in [-0.2, 0) is 17.8 Å². The lowest BCUT2D eigenvalue weighted by atomic mass is 10.2. The third kappa shape index (κ3) is 4.61. The van der Waals surface area contributed by atoms with Crippen LogP contribution in [0.4, 0.5) is 0 Å². The van der Waals surface area contributed by atoms with Gasteiger partial charge in [-0.05, 0) is 49.2 Å². The summed E-state index contributed by atoms with van der Waals surface area (Å²) in [4.78, 5) is 16.3. The lowest BCUT2D eigenvalue weighted by molar-refractivity contribution is -0.116. The Morgan fingerprint density at radius 3 is 2.88 bits per heavy atom. The van der Waals surface area contributed by atoms with E-state index in [0.717, 1.165) is 40.7 Å². The maximum Gasteiger partial charge on any atom is 0.243 e. The molecule has 1 amide bonds. The number of aryl methyl sites for hydroxylation is 1. The van der Waals surface area contributed by atoms with Gasteiger partial charge in [-0.25, -0.2) is 4.98 Å². The number of benzene rings is 2. The molecule has 0 fully saturated rings. The highest BCUT2D eigenvalue weighted by atomic mass is 79.9. The van der Waals surface area contributed by atoms with E-state index in [2.05, 4.69) is 50.1 Å². The summed E-state index contributed by atoms with van der Waals surface area (Å²) in [6, 6.07) is 16.6. The van der Waals surface area contributed by atoms with Crippen molar-refractivity contribution in [3.63, 3.8) is 0 Å². The number of imidazole rings is 1. The predicted molar refractivity (Wildman–Crippen MR) is 109 cm³/mol. The molecule has 0 unspecified atom stereocenters. The SMILES string of the molecule is C/C=C\C(=O)NCCCc1nc2ccccc2n1Cc1cccc(Br)c1. The minimum Gasteiger partial charge on any atom is -0.353 e. The number of hydrogen-bond acceptors (Lipinski definition) is 2. The molecule has 3 aromatic rings. The van der Waals surface area contributed by atoms with Crippen LogP contribution in [0.15, 0.2) is 65.2 Å². The summed E-state index contributed by atoms with van der Waals surface area (Å²) < 4.78 is 3.35. The van der Waals surface area contributed by atoms with E-state index in [9.17, 15) is 4.79 Å². The Morgan fingerprint density at radius 1 is 1.23 bits per heavy atom. The number of halogens is 1. The zero-order chi connectivity index (χ0) is 18.4. The van der Waals surface area contributed by atoms with E-state index in [-0.39, 0.29) is 5.91 Å². The average molecular weight is 412 g/mol. The van der Waals surface area contributed by atoms with Gasteiger partial charge in [0.05, 0.1) is 11.0 Å². The van der Waals surface area contributed by atoms with E-state index < -0.39 is 0 Å². The van der Waals surface area contributed by atoms with Crippen molar-refractivity contribution in [2.75, 3.05) is 6.54 Å². The second kappa shape index (κ2) is 8.81. The molecule has 0 bridgehead atoms. The fourth-order valence-corrected chi connectivity index (χ4v) is 3.43. The number of fused-ring (bicyclic) bond motifs is 1. The van der Waals surface area contributed by atoms with Crippen LogP contribution in [0.25, 0.3) is 11.0 Å². The molecule has 0 aliphatic heterocycles. The molecule has 1 N–H and O–H groups in total. The van der Waals surface area contributed by atoms with E-state index in [4.69, 9.17) is 4.98 Å². The first-order chi connectivity index (χ1) is 12.7. The van der Waals surface area contributed by atoms with Gasteiger partial charge < -0.3 is 9.88 Å². The maximum absolute atomic E-state index is 11.5. The van der Waals surface area contributed by atoms with Crippen molar-refractivity contribution in [1.82, 2.24) is 14.9 Å². The summed E-state index contributed by atoms with van der Waals surface area (Å²) in [6.45, 7) is 3.26. The molecule has 4 nitrogen and oxygen atoms in total. The Morgan fingerprint density at radius 2 is 2.08 bits per heavy atom. The van der Waals surface area contributed by atoms with Gasteiger partial charge in [0, 0.05) is 24.0 Å². The number of rotatable bonds is 7. The molecule has 0 aliphatic rings. The van der Waals surface area contributed by atoms with Crippen LogP contribution < -0.4 is 5.32 Å². The molecule has 1 heterocycles. The number of hydrogen-bond donors (Lipinski definition) is 1. The van der Waals surface area contributed by atoms with Gasteiger partial charge in [-0.15, -0.1) is 0 Å². The van der Waals surface area contributed by atoms with Gasteiger partial charge in [-0.3, -0.25) is 4.79 Å². The molecule has 134 valence electrons. The predicted octanol–water partition coefficient (Wildman–Crippen LogP) is 4.47. The largest absolute Gasteiger partial charge is 0.353 e. The lowest BCUT2D eigenvalue weighted by Crippen LogP contribution is -2.22. The Labute approximate surface area is 162 Å². The molecule has 3 rings (SSSR count). The molecule has 5 heteroatoms. The quantitative estimate of drug-likeness (QED) is 0.460. The highest BCUT2D eigenvalue weighted by Crippen LogP contribution is 2.20. The third-order valence-electron chi connectivity index (χ3n) is 4.16. The van der Waals surface area contributed by atoms with Gasteiger partial charge in [0.15, 0.2) is 0 Å². The number of aromatic nitrogens is 2. The van der Waals surface area contributed by atoms with Crippen LogP contribution in [-0.4, -0.2) is 22.0 Å². The van der Waals surface area contributed by atoms with Gasteiger partial charge in [0.2, 0.25) is 5.91 Å². The van der Waals surface area contributed by atoms with Crippen LogP contribution in [0, 0.1) is 0 Å². The van der Waals surface area contributed by atoms with E-state index >= 15 is 0 Å². The molecule has 0 aliphatic carbocycles.